The first-order chi connectivity index (χ1) is 11.5. The van der Waals surface area contributed by atoms with Gasteiger partial charge < -0.3 is 14.7 Å². The minimum atomic E-state index is -0.973. The second-order valence-corrected chi connectivity index (χ2v) is 6.09. The van der Waals surface area contributed by atoms with Crippen LogP contribution >= 0.6 is 11.6 Å². The molecular formula is C18H16ClNO4. The number of rotatable bonds is 3. The van der Waals surface area contributed by atoms with E-state index >= 15 is 0 Å². The quantitative estimate of drug-likeness (QED) is 0.921. The zero-order chi connectivity index (χ0) is 17.1. The van der Waals surface area contributed by atoms with E-state index < -0.39 is 18.0 Å². The fraction of sp³-hybridized carbons (Fsp3) is 0.222. The summed E-state index contributed by atoms with van der Waals surface area (Å²) < 4.78 is 5.30. The molecule has 0 spiro atoms. The number of fused-ring (bicyclic) bond motifs is 1. The SMILES string of the molecule is O=C(O)C1CN(C(=O)OCc2ccccc2)Cc2cc(Cl)ccc21. The Morgan fingerprint density at radius 3 is 2.67 bits per heavy atom. The molecule has 0 aliphatic carbocycles. The maximum atomic E-state index is 12.3. The highest BCUT2D eigenvalue weighted by atomic mass is 35.5. The van der Waals surface area contributed by atoms with Gasteiger partial charge in [-0.3, -0.25) is 4.79 Å². The lowest BCUT2D eigenvalue weighted by Gasteiger charge is -2.32. The van der Waals surface area contributed by atoms with Crippen molar-refractivity contribution in [2.75, 3.05) is 6.54 Å². The summed E-state index contributed by atoms with van der Waals surface area (Å²) in [6.45, 7) is 0.515. The minimum Gasteiger partial charge on any atom is -0.481 e. The van der Waals surface area contributed by atoms with Crippen LogP contribution in [0.15, 0.2) is 48.5 Å². The molecule has 0 radical (unpaired) electrons. The Morgan fingerprint density at radius 1 is 1.21 bits per heavy atom. The van der Waals surface area contributed by atoms with Crippen LogP contribution in [0.25, 0.3) is 0 Å². The van der Waals surface area contributed by atoms with Crippen molar-refractivity contribution in [1.82, 2.24) is 4.90 Å². The number of aliphatic carboxylic acids is 1. The van der Waals surface area contributed by atoms with Gasteiger partial charge in [-0.1, -0.05) is 48.0 Å². The predicted molar refractivity (Wildman–Crippen MR) is 88.9 cm³/mol. The van der Waals surface area contributed by atoms with Crippen LogP contribution in [-0.4, -0.2) is 28.6 Å². The lowest BCUT2D eigenvalue weighted by Crippen LogP contribution is -2.40. The zero-order valence-corrected chi connectivity index (χ0v) is 13.6. The van der Waals surface area contributed by atoms with Crippen LogP contribution in [0.5, 0.6) is 0 Å². The van der Waals surface area contributed by atoms with Gasteiger partial charge in [0.05, 0.1) is 5.92 Å². The molecule has 0 aromatic heterocycles. The summed E-state index contributed by atoms with van der Waals surface area (Å²) in [6.07, 6.45) is -0.532. The average molecular weight is 346 g/mol. The number of benzene rings is 2. The molecule has 1 heterocycles. The Hall–Kier alpha value is -2.53. The molecule has 1 unspecified atom stereocenters. The number of nitrogens with zero attached hydrogens (tertiary/aromatic N) is 1. The highest BCUT2D eigenvalue weighted by molar-refractivity contribution is 6.30. The molecule has 1 aliphatic rings. The summed E-state index contributed by atoms with van der Waals surface area (Å²) in [5.41, 5.74) is 2.30. The molecule has 3 rings (SSSR count). The second-order valence-electron chi connectivity index (χ2n) is 5.65. The zero-order valence-electron chi connectivity index (χ0n) is 12.8. The molecule has 1 amide bonds. The van der Waals surface area contributed by atoms with E-state index in [1.807, 2.05) is 30.3 Å². The molecule has 0 bridgehead atoms. The van der Waals surface area contributed by atoms with Crippen molar-refractivity contribution in [3.63, 3.8) is 0 Å². The van der Waals surface area contributed by atoms with Crippen LogP contribution in [-0.2, 0) is 22.7 Å². The van der Waals surface area contributed by atoms with Crippen LogP contribution in [0, 0.1) is 0 Å². The molecule has 24 heavy (non-hydrogen) atoms. The number of carboxylic acids is 1. The molecule has 1 aliphatic heterocycles. The summed E-state index contributed by atoms with van der Waals surface area (Å²) >= 11 is 5.99. The van der Waals surface area contributed by atoms with E-state index in [1.165, 1.54) is 4.90 Å². The summed E-state index contributed by atoms with van der Waals surface area (Å²) in [6, 6.07) is 14.4. The van der Waals surface area contributed by atoms with Crippen LogP contribution in [0.2, 0.25) is 5.02 Å². The molecule has 1 atom stereocenters. The topological polar surface area (TPSA) is 66.8 Å². The summed E-state index contributed by atoms with van der Waals surface area (Å²) in [5, 5.41) is 9.96. The lowest BCUT2D eigenvalue weighted by atomic mass is 9.90. The Morgan fingerprint density at radius 2 is 1.96 bits per heavy atom. The number of carbonyl (C=O) groups excluding carboxylic acids is 1. The highest BCUT2D eigenvalue weighted by Crippen LogP contribution is 2.31. The number of carboxylic acid groups (broad SMARTS) is 1. The van der Waals surface area contributed by atoms with Gasteiger partial charge in [0.15, 0.2) is 0 Å². The fourth-order valence-corrected chi connectivity index (χ4v) is 3.00. The minimum absolute atomic E-state index is 0.0809. The van der Waals surface area contributed by atoms with Gasteiger partial charge in [0.1, 0.15) is 6.61 Å². The van der Waals surface area contributed by atoms with Gasteiger partial charge in [-0.25, -0.2) is 4.79 Å². The van der Waals surface area contributed by atoms with Gasteiger partial charge in [0, 0.05) is 18.1 Å². The number of halogens is 1. The molecular weight excluding hydrogens is 330 g/mol. The first-order valence-corrected chi connectivity index (χ1v) is 7.89. The van der Waals surface area contributed by atoms with Crippen molar-refractivity contribution >= 4 is 23.7 Å². The molecule has 124 valence electrons. The van der Waals surface area contributed by atoms with Crippen molar-refractivity contribution in [3.8, 4) is 0 Å². The largest absolute Gasteiger partial charge is 0.481 e. The number of hydrogen-bond acceptors (Lipinski definition) is 3. The molecule has 1 N–H and O–H groups in total. The third kappa shape index (κ3) is 3.51. The van der Waals surface area contributed by atoms with Crippen molar-refractivity contribution in [2.45, 2.75) is 19.1 Å². The maximum Gasteiger partial charge on any atom is 0.410 e. The van der Waals surface area contributed by atoms with Crippen LogP contribution in [0.1, 0.15) is 22.6 Å². The molecule has 5 nitrogen and oxygen atoms in total. The number of amides is 1. The number of hydrogen-bond donors (Lipinski definition) is 1. The van der Waals surface area contributed by atoms with E-state index in [0.717, 1.165) is 11.1 Å². The molecule has 0 saturated carbocycles. The number of carbonyl (C=O) groups is 2. The fourth-order valence-electron chi connectivity index (χ4n) is 2.80. The summed E-state index contributed by atoms with van der Waals surface area (Å²) in [4.78, 5) is 25.3. The predicted octanol–water partition coefficient (Wildman–Crippen LogP) is 3.66. The van der Waals surface area contributed by atoms with Crippen LogP contribution in [0.4, 0.5) is 4.79 Å². The van der Waals surface area contributed by atoms with Gasteiger partial charge in [-0.15, -0.1) is 0 Å². The van der Waals surface area contributed by atoms with Gasteiger partial charge in [0.2, 0.25) is 0 Å². The van der Waals surface area contributed by atoms with Gasteiger partial charge in [0.25, 0.3) is 0 Å². The van der Waals surface area contributed by atoms with Crippen molar-refractivity contribution in [2.24, 2.45) is 0 Å². The highest BCUT2D eigenvalue weighted by Gasteiger charge is 2.33. The Kier molecular flexibility index (Phi) is 4.71. The van der Waals surface area contributed by atoms with Gasteiger partial charge in [-0.2, -0.15) is 0 Å². The third-order valence-electron chi connectivity index (χ3n) is 4.01. The molecule has 0 saturated heterocycles. The normalized spacial score (nSPS) is 16.4. The molecule has 0 fully saturated rings. The van der Waals surface area contributed by atoms with E-state index in [2.05, 4.69) is 0 Å². The van der Waals surface area contributed by atoms with E-state index in [-0.39, 0.29) is 19.7 Å². The third-order valence-corrected chi connectivity index (χ3v) is 4.24. The second kappa shape index (κ2) is 6.93. The average Bonchev–Trinajstić information content (AvgIpc) is 2.59. The number of ether oxygens (including phenoxy) is 1. The molecule has 2 aromatic carbocycles. The molecule has 6 heteroatoms. The van der Waals surface area contributed by atoms with E-state index in [1.54, 1.807) is 18.2 Å². The first-order valence-electron chi connectivity index (χ1n) is 7.51. The Labute approximate surface area is 144 Å². The van der Waals surface area contributed by atoms with E-state index in [4.69, 9.17) is 16.3 Å². The molecule has 2 aromatic rings. The van der Waals surface area contributed by atoms with Gasteiger partial charge >= 0.3 is 12.1 Å². The summed E-state index contributed by atoms with van der Waals surface area (Å²) in [7, 11) is 0. The first kappa shape index (κ1) is 16.3. The monoisotopic (exact) mass is 345 g/mol. The Bertz CT molecular complexity index is 763. The van der Waals surface area contributed by atoms with Crippen LogP contribution < -0.4 is 0 Å². The van der Waals surface area contributed by atoms with Gasteiger partial charge in [-0.05, 0) is 28.8 Å². The van der Waals surface area contributed by atoms with E-state index in [9.17, 15) is 14.7 Å². The van der Waals surface area contributed by atoms with Crippen LogP contribution in [0.3, 0.4) is 0 Å². The van der Waals surface area contributed by atoms with Crippen molar-refractivity contribution in [1.29, 1.82) is 0 Å². The standard InChI is InChI=1S/C18H16ClNO4/c19-14-6-7-15-13(8-14)9-20(10-16(15)17(21)22)18(23)24-11-12-4-2-1-3-5-12/h1-8,16H,9-11H2,(H,21,22). The van der Waals surface area contributed by atoms with Crippen molar-refractivity contribution in [3.05, 3.63) is 70.2 Å². The van der Waals surface area contributed by atoms with E-state index in [0.29, 0.717) is 10.6 Å². The smallest absolute Gasteiger partial charge is 0.410 e. The lowest BCUT2D eigenvalue weighted by molar-refractivity contribution is -0.139. The maximum absolute atomic E-state index is 12.3. The van der Waals surface area contributed by atoms with Crippen molar-refractivity contribution < 1.29 is 19.4 Å². The Balaban J connectivity index is 1.74. The summed E-state index contributed by atoms with van der Waals surface area (Å²) in [5.74, 6) is -1.76.